The largest absolute Gasteiger partial charge is 0.490 e. The van der Waals surface area contributed by atoms with Gasteiger partial charge in [0.25, 0.3) is 0 Å². The van der Waals surface area contributed by atoms with Crippen molar-refractivity contribution in [2.24, 2.45) is 4.99 Å². The number of ether oxygens (including phenoxy) is 1. The van der Waals surface area contributed by atoms with Crippen LogP contribution in [-0.2, 0) is 16.8 Å². The van der Waals surface area contributed by atoms with Crippen molar-refractivity contribution in [3.63, 3.8) is 0 Å². The van der Waals surface area contributed by atoms with Gasteiger partial charge in [0.2, 0.25) is 6.08 Å². The predicted octanol–water partition coefficient (Wildman–Crippen LogP) is 2.64. The fourth-order valence-electron chi connectivity index (χ4n) is 2.66. The van der Waals surface area contributed by atoms with E-state index in [-0.39, 0.29) is 11.6 Å². The molecule has 3 rings (SSSR count). The van der Waals surface area contributed by atoms with Crippen molar-refractivity contribution >= 4 is 6.08 Å². The van der Waals surface area contributed by atoms with Crippen LogP contribution in [-0.4, -0.2) is 12.2 Å². The molecule has 0 aromatic heterocycles. The molecule has 88 valence electrons. The Bertz CT molecular complexity index is 525. The summed E-state index contributed by atoms with van der Waals surface area (Å²) in [6.07, 6.45) is 4.82. The third-order valence-electron chi connectivity index (χ3n) is 3.70. The summed E-state index contributed by atoms with van der Waals surface area (Å²) >= 11 is 0. The van der Waals surface area contributed by atoms with Crippen LogP contribution in [0.3, 0.4) is 0 Å². The zero-order valence-electron chi connectivity index (χ0n) is 10.1. The van der Waals surface area contributed by atoms with Gasteiger partial charge in [-0.25, -0.2) is 4.79 Å². The maximum atomic E-state index is 10.5. The number of carbonyl (C=O) groups excluding carboxylic acids is 1. The molecule has 3 heteroatoms. The second-order valence-electron chi connectivity index (χ2n) is 5.15. The van der Waals surface area contributed by atoms with E-state index in [4.69, 9.17) is 4.74 Å². The van der Waals surface area contributed by atoms with E-state index in [1.165, 1.54) is 5.56 Å². The van der Waals surface area contributed by atoms with Gasteiger partial charge in [0.05, 0.1) is 5.54 Å². The lowest BCUT2D eigenvalue weighted by Gasteiger charge is -2.12. The first-order valence-electron chi connectivity index (χ1n) is 6.04. The number of aryl methyl sites for hydroxylation is 1. The SMILES string of the molecule is Cc1cc(C2(N=C=O)CC2)cc2c1OC(C)C2. The summed E-state index contributed by atoms with van der Waals surface area (Å²) in [5.41, 5.74) is 3.27. The van der Waals surface area contributed by atoms with Crippen LogP contribution in [0.25, 0.3) is 0 Å². The van der Waals surface area contributed by atoms with Gasteiger partial charge in [-0.15, -0.1) is 0 Å². The number of nitrogens with zero attached hydrogens (tertiary/aromatic N) is 1. The predicted molar refractivity (Wildman–Crippen MR) is 64.0 cm³/mol. The van der Waals surface area contributed by atoms with Crippen LogP contribution in [0.5, 0.6) is 5.75 Å². The van der Waals surface area contributed by atoms with Crippen molar-refractivity contribution in [3.05, 3.63) is 28.8 Å². The molecule has 0 N–H and O–H groups in total. The molecule has 1 aliphatic heterocycles. The molecule has 1 atom stereocenters. The Labute approximate surface area is 101 Å². The Morgan fingerprint density at radius 1 is 1.47 bits per heavy atom. The summed E-state index contributed by atoms with van der Waals surface area (Å²) in [7, 11) is 0. The number of hydrogen-bond acceptors (Lipinski definition) is 3. The van der Waals surface area contributed by atoms with Gasteiger partial charge in [0, 0.05) is 6.42 Å². The molecular weight excluding hydrogens is 214 g/mol. The lowest BCUT2D eigenvalue weighted by atomic mass is 9.97. The number of aliphatic imine (C=N–C) groups is 1. The summed E-state index contributed by atoms with van der Waals surface area (Å²) in [5, 5.41) is 0. The monoisotopic (exact) mass is 229 g/mol. The number of benzene rings is 1. The molecule has 0 spiro atoms. The lowest BCUT2D eigenvalue weighted by molar-refractivity contribution is 0.253. The Morgan fingerprint density at radius 2 is 2.24 bits per heavy atom. The lowest BCUT2D eigenvalue weighted by Crippen LogP contribution is -2.05. The molecular formula is C14H15NO2. The fourth-order valence-corrected chi connectivity index (χ4v) is 2.66. The van der Waals surface area contributed by atoms with Crippen LogP contribution in [0, 0.1) is 6.92 Å². The second-order valence-corrected chi connectivity index (χ2v) is 5.15. The van der Waals surface area contributed by atoms with Gasteiger partial charge < -0.3 is 4.74 Å². The zero-order chi connectivity index (χ0) is 12.0. The normalized spacial score (nSPS) is 23.5. The first kappa shape index (κ1) is 10.5. The van der Waals surface area contributed by atoms with Crippen LogP contribution >= 0.6 is 0 Å². The third kappa shape index (κ3) is 1.58. The first-order valence-corrected chi connectivity index (χ1v) is 6.04. The molecule has 0 amide bonds. The number of fused-ring (bicyclic) bond motifs is 1. The standard InChI is InChI=1S/C14H15NO2/c1-9-5-12(14(3-4-14)15-8-16)7-11-6-10(2)17-13(9)11/h5,7,10H,3-4,6H2,1-2H3. The summed E-state index contributed by atoms with van der Waals surface area (Å²) in [4.78, 5) is 14.5. The molecule has 1 saturated carbocycles. The van der Waals surface area contributed by atoms with E-state index < -0.39 is 0 Å². The smallest absolute Gasteiger partial charge is 0.235 e. The van der Waals surface area contributed by atoms with Gasteiger partial charge in [0.15, 0.2) is 0 Å². The Hall–Kier alpha value is -1.60. The molecule has 1 fully saturated rings. The minimum absolute atomic E-state index is 0.253. The van der Waals surface area contributed by atoms with Crippen LogP contribution in [0.1, 0.15) is 36.5 Å². The van der Waals surface area contributed by atoms with Crippen LogP contribution in [0.4, 0.5) is 0 Å². The molecule has 0 bridgehead atoms. The number of rotatable bonds is 2. The van der Waals surface area contributed by atoms with E-state index in [9.17, 15) is 4.79 Å². The maximum absolute atomic E-state index is 10.5. The average Bonchev–Trinajstić information content (AvgIpc) is 2.95. The molecule has 1 aromatic carbocycles. The van der Waals surface area contributed by atoms with E-state index in [2.05, 4.69) is 31.0 Å². The van der Waals surface area contributed by atoms with Gasteiger partial charge in [-0.05, 0) is 55.5 Å². The molecule has 3 nitrogen and oxygen atoms in total. The van der Waals surface area contributed by atoms with Crippen molar-refractivity contribution in [2.45, 2.75) is 44.8 Å². The third-order valence-corrected chi connectivity index (χ3v) is 3.70. The van der Waals surface area contributed by atoms with Crippen molar-refractivity contribution in [2.75, 3.05) is 0 Å². The van der Waals surface area contributed by atoms with Gasteiger partial charge in [-0.3, -0.25) is 0 Å². The highest BCUT2D eigenvalue weighted by Gasteiger charge is 2.45. The van der Waals surface area contributed by atoms with E-state index in [0.717, 1.165) is 36.1 Å². The molecule has 17 heavy (non-hydrogen) atoms. The molecule has 0 radical (unpaired) electrons. The molecule has 1 unspecified atom stereocenters. The first-order chi connectivity index (χ1) is 8.14. The summed E-state index contributed by atoms with van der Waals surface area (Å²) in [5.74, 6) is 1.02. The Morgan fingerprint density at radius 3 is 2.88 bits per heavy atom. The maximum Gasteiger partial charge on any atom is 0.235 e. The molecule has 1 heterocycles. The molecule has 1 aromatic rings. The van der Waals surface area contributed by atoms with Crippen molar-refractivity contribution in [1.82, 2.24) is 0 Å². The van der Waals surface area contributed by atoms with Crippen molar-refractivity contribution in [3.8, 4) is 5.75 Å². The summed E-state index contributed by atoms with van der Waals surface area (Å²) in [6, 6.07) is 4.25. The number of isocyanates is 1. The van der Waals surface area contributed by atoms with Crippen LogP contribution in [0.15, 0.2) is 17.1 Å². The van der Waals surface area contributed by atoms with Crippen LogP contribution < -0.4 is 4.74 Å². The highest BCUT2D eigenvalue weighted by atomic mass is 16.5. The van der Waals surface area contributed by atoms with E-state index >= 15 is 0 Å². The van der Waals surface area contributed by atoms with Gasteiger partial charge in [0.1, 0.15) is 11.9 Å². The minimum atomic E-state index is -0.270. The zero-order valence-corrected chi connectivity index (χ0v) is 10.1. The quantitative estimate of drug-likeness (QED) is 0.577. The summed E-state index contributed by atoms with van der Waals surface area (Å²) in [6.45, 7) is 4.14. The van der Waals surface area contributed by atoms with Crippen molar-refractivity contribution in [1.29, 1.82) is 0 Å². The fraction of sp³-hybridized carbons (Fsp3) is 0.500. The Kier molecular flexibility index (Phi) is 2.14. The highest BCUT2D eigenvalue weighted by Crippen LogP contribution is 2.51. The summed E-state index contributed by atoms with van der Waals surface area (Å²) < 4.78 is 5.78. The Balaban J connectivity index is 2.07. The van der Waals surface area contributed by atoms with Crippen LogP contribution in [0.2, 0.25) is 0 Å². The van der Waals surface area contributed by atoms with E-state index in [0.29, 0.717) is 0 Å². The minimum Gasteiger partial charge on any atom is -0.490 e. The molecule has 1 aliphatic carbocycles. The molecule has 2 aliphatic rings. The number of hydrogen-bond donors (Lipinski definition) is 0. The molecule has 0 saturated heterocycles. The van der Waals surface area contributed by atoms with Gasteiger partial charge >= 0.3 is 0 Å². The highest BCUT2D eigenvalue weighted by molar-refractivity contribution is 5.51. The van der Waals surface area contributed by atoms with E-state index in [1.54, 1.807) is 6.08 Å². The average molecular weight is 229 g/mol. The van der Waals surface area contributed by atoms with Crippen molar-refractivity contribution < 1.29 is 9.53 Å². The van der Waals surface area contributed by atoms with Gasteiger partial charge in [-0.1, -0.05) is 0 Å². The van der Waals surface area contributed by atoms with E-state index in [1.807, 2.05) is 0 Å². The second kappa shape index (κ2) is 3.44. The van der Waals surface area contributed by atoms with Gasteiger partial charge in [-0.2, -0.15) is 4.99 Å². The topological polar surface area (TPSA) is 38.7 Å².